The first-order chi connectivity index (χ1) is 12.8. The van der Waals surface area contributed by atoms with Crippen molar-refractivity contribution in [3.05, 3.63) is 24.3 Å². The number of anilines is 1. The van der Waals surface area contributed by atoms with Crippen LogP contribution in [0.1, 0.15) is 13.3 Å². The summed E-state index contributed by atoms with van der Waals surface area (Å²) in [6.07, 6.45) is 0.976. The number of morpholine rings is 1. The van der Waals surface area contributed by atoms with Gasteiger partial charge in [-0.05, 0) is 43.1 Å². The van der Waals surface area contributed by atoms with Gasteiger partial charge in [-0.15, -0.1) is 12.4 Å². The molecule has 158 valence electrons. The van der Waals surface area contributed by atoms with Crippen molar-refractivity contribution in [2.45, 2.75) is 18.2 Å². The molecule has 2 fully saturated rings. The zero-order chi connectivity index (χ0) is 19.5. The van der Waals surface area contributed by atoms with Gasteiger partial charge in [0.25, 0.3) is 0 Å². The monoisotopic (exact) mass is 432 g/mol. The zero-order valence-electron chi connectivity index (χ0n) is 16.1. The average molecular weight is 433 g/mol. The minimum Gasteiger partial charge on any atom is -0.379 e. The van der Waals surface area contributed by atoms with Crippen molar-refractivity contribution >= 4 is 34.0 Å². The van der Waals surface area contributed by atoms with E-state index in [4.69, 9.17) is 10.5 Å². The smallest absolute Gasteiger partial charge is 0.243 e. The van der Waals surface area contributed by atoms with Crippen LogP contribution in [0.2, 0.25) is 0 Å². The maximum absolute atomic E-state index is 12.7. The third-order valence-corrected chi connectivity index (χ3v) is 7.12. The number of nitrogens with two attached hydrogens (primary N) is 1. The highest BCUT2D eigenvalue weighted by molar-refractivity contribution is 7.89. The van der Waals surface area contributed by atoms with Crippen molar-refractivity contribution in [2.75, 3.05) is 57.8 Å². The van der Waals surface area contributed by atoms with Crippen LogP contribution in [0.15, 0.2) is 29.2 Å². The van der Waals surface area contributed by atoms with Gasteiger partial charge in [-0.1, -0.05) is 13.0 Å². The Hall–Kier alpha value is -1.23. The van der Waals surface area contributed by atoms with E-state index >= 15 is 0 Å². The molecule has 8 nitrogen and oxygen atoms in total. The van der Waals surface area contributed by atoms with Crippen LogP contribution in [0.4, 0.5) is 5.69 Å². The summed E-state index contributed by atoms with van der Waals surface area (Å²) in [5.41, 5.74) is 6.35. The van der Waals surface area contributed by atoms with Gasteiger partial charge in [0.1, 0.15) is 0 Å². The van der Waals surface area contributed by atoms with Crippen molar-refractivity contribution in [1.82, 2.24) is 9.21 Å². The molecule has 1 atom stereocenters. The van der Waals surface area contributed by atoms with Crippen molar-refractivity contribution in [1.29, 1.82) is 0 Å². The van der Waals surface area contributed by atoms with Crippen molar-refractivity contribution in [3.63, 3.8) is 0 Å². The third kappa shape index (κ3) is 5.43. The summed E-state index contributed by atoms with van der Waals surface area (Å²) in [7, 11) is -3.58. The molecule has 10 heteroatoms. The average Bonchev–Trinajstić information content (AvgIpc) is 3.04. The molecule has 2 aliphatic rings. The highest BCUT2D eigenvalue weighted by Crippen LogP contribution is 2.28. The van der Waals surface area contributed by atoms with Crippen LogP contribution in [0, 0.1) is 5.41 Å². The van der Waals surface area contributed by atoms with Crippen LogP contribution in [-0.4, -0.2) is 76.0 Å². The molecule has 28 heavy (non-hydrogen) atoms. The van der Waals surface area contributed by atoms with Gasteiger partial charge in [-0.25, -0.2) is 8.42 Å². The van der Waals surface area contributed by atoms with E-state index in [-0.39, 0.29) is 35.2 Å². The zero-order valence-corrected chi connectivity index (χ0v) is 17.7. The number of nitrogens with one attached hydrogen (secondary N) is 1. The summed E-state index contributed by atoms with van der Waals surface area (Å²) >= 11 is 0. The van der Waals surface area contributed by atoms with E-state index in [1.807, 2.05) is 0 Å². The first-order valence-corrected chi connectivity index (χ1v) is 10.7. The quantitative estimate of drug-likeness (QED) is 0.686. The molecule has 1 amide bonds. The Bertz CT molecular complexity index is 786. The number of sulfonamides is 1. The Morgan fingerprint density at radius 2 is 2.00 bits per heavy atom. The molecule has 2 heterocycles. The molecule has 0 spiro atoms. The number of rotatable bonds is 6. The SMILES string of the molecule is CC1(CN)CCN(CC(=O)Nc2cccc(S(=O)(=O)N3CCOCC3)c2)C1.Cl. The summed E-state index contributed by atoms with van der Waals surface area (Å²) in [5, 5.41) is 2.81. The number of nitrogens with zero attached hydrogens (tertiary/aromatic N) is 2. The number of likely N-dealkylation sites (tertiary alicyclic amines) is 1. The lowest BCUT2D eigenvalue weighted by molar-refractivity contribution is -0.117. The number of ether oxygens (including phenoxy) is 1. The Morgan fingerprint density at radius 1 is 1.29 bits per heavy atom. The van der Waals surface area contributed by atoms with Gasteiger partial charge in [0.05, 0.1) is 24.7 Å². The molecule has 0 bridgehead atoms. The van der Waals surface area contributed by atoms with Crippen LogP contribution in [0.25, 0.3) is 0 Å². The van der Waals surface area contributed by atoms with E-state index in [0.29, 0.717) is 38.5 Å². The Kier molecular flexibility index (Phi) is 7.83. The first kappa shape index (κ1) is 23.1. The lowest BCUT2D eigenvalue weighted by Crippen LogP contribution is -2.40. The van der Waals surface area contributed by atoms with Crippen molar-refractivity contribution < 1.29 is 17.9 Å². The van der Waals surface area contributed by atoms with Gasteiger partial charge in [0, 0.05) is 25.3 Å². The number of hydrogen-bond donors (Lipinski definition) is 2. The Balaban J connectivity index is 0.00000280. The van der Waals surface area contributed by atoms with Gasteiger partial charge in [0.2, 0.25) is 15.9 Å². The molecule has 1 unspecified atom stereocenters. The summed E-state index contributed by atoms with van der Waals surface area (Å²) in [4.78, 5) is 14.6. The standard InChI is InChI=1S/C18H28N4O4S.ClH/c1-18(13-19)5-6-21(14-18)12-17(23)20-15-3-2-4-16(11-15)27(24,25)22-7-9-26-10-8-22;/h2-4,11H,5-10,12-14,19H2,1H3,(H,20,23);1H. The van der Waals surface area contributed by atoms with Crippen LogP contribution in [-0.2, 0) is 19.6 Å². The van der Waals surface area contributed by atoms with Crippen molar-refractivity contribution in [3.8, 4) is 0 Å². The fourth-order valence-corrected chi connectivity index (χ4v) is 4.96. The van der Waals surface area contributed by atoms with Gasteiger partial charge in [-0.2, -0.15) is 4.31 Å². The molecule has 2 aliphatic heterocycles. The normalized spacial score (nSPS) is 23.9. The Labute approximate surface area is 172 Å². The third-order valence-electron chi connectivity index (χ3n) is 5.22. The second kappa shape index (κ2) is 9.51. The first-order valence-electron chi connectivity index (χ1n) is 9.23. The molecule has 0 aliphatic carbocycles. The van der Waals surface area contributed by atoms with E-state index in [1.165, 1.54) is 10.4 Å². The second-order valence-electron chi connectivity index (χ2n) is 7.57. The summed E-state index contributed by atoms with van der Waals surface area (Å²) in [6.45, 7) is 6.12. The van der Waals surface area contributed by atoms with Gasteiger partial charge >= 0.3 is 0 Å². The van der Waals surface area contributed by atoms with E-state index < -0.39 is 10.0 Å². The predicted octanol–water partition coefficient (Wildman–Crippen LogP) is 0.739. The molecule has 2 saturated heterocycles. The molecular formula is C18H29ClN4O4S. The maximum Gasteiger partial charge on any atom is 0.243 e. The summed E-state index contributed by atoms with van der Waals surface area (Å²) in [6, 6.07) is 6.40. The second-order valence-corrected chi connectivity index (χ2v) is 9.51. The molecule has 0 saturated carbocycles. The van der Waals surface area contributed by atoms with E-state index in [1.54, 1.807) is 18.2 Å². The fourth-order valence-electron chi connectivity index (χ4n) is 3.50. The van der Waals surface area contributed by atoms with Crippen LogP contribution >= 0.6 is 12.4 Å². The molecule has 3 N–H and O–H groups in total. The molecular weight excluding hydrogens is 404 g/mol. The van der Waals surface area contributed by atoms with Crippen LogP contribution in [0.5, 0.6) is 0 Å². The Morgan fingerprint density at radius 3 is 2.64 bits per heavy atom. The van der Waals surface area contributed by atoms with Crippen LogP contribution in [0.3, 0.4) is 0 Å². The largest absolute Gasteiger partial charge is 0.379 e. The predicted molar refractivity (Wildman–Crippen MR) is 110 cm³/mol. The van der Waals surface area contributed by atoms with Crippen molar-refractivity contribution in [2.24, 2.45) is 11.1 Å². The number of hydrogen-bond acceptors (Lipinski definition) is 6. The van der Waals surface area contributed by atoms with E-state index in [9.17, 15) is 13.2 Å². The highest BCUT2D eigenvalue weighted by Gasteiger charge is 2.33. The fraction of sp³-hybridized carbons (Fsp3) is 0.611. The van der Waals surface area contributed by atoms with Gasteiger partial charge in [0.15, 0.2) is 0 Å². The number of halogens is 1. The lowest BCUT2D eigenvalue weighted by atomic mass is 9.90. The topological polar surface area (TPSA) is 105 Å². The van der Waals surface area contributed by atoms with Gasteiger partial charge < -0.3 is 15.8 Å². The van der Waals surface area contributed by atoms with Gasteiger partial charge in [-0.3, -0.25) is 9.69 Å². The molecule has 0 radical (unpaired) electrons. The minimum atomic E-state index is -3.58. The highest BCUT2D eigenvalue weighted by atomic mass is 35.5. The number of benzene rings is 1. The van der Waals surface area contributed by atoms with E-state index in [2.05, 4.69) is 17.1 Å². The molecule has 0 aromatic heterocycles. The summed E-state index contributed by atoms with van der Waals surface area (Å²) in [5.74, 6) is -0.155. The number of carbonyl (C=O) groups is 1. The minimum absolute atomic E-state index is 0. The number of amides is 1. The van der Waals surface area contributed by atoms with Crippen LogP contribution < -0.4 is 11.1 Å². The maximum atomic E-state index is 12.7. The molecule has 1 aromatic rings. The number of carbonyl (C=O) groups excluding carboxylic acids is 1. The molecule has 1 aromatic carbocycles. The summed E-state index contributed by atoms with van der Waals surface area (Å²) < 4.78 is 32.1. The molecule has 3 rings (SSSR count). The lowest BCUT2D eigenvalue weighted by Gasteiger charge is -2.26. The van der Waals surface area contributed by atoms with E-state index in [0.717, 1.165) is 19.5 Å².